The van der Waals surface area contributed by atoms with E-state index in [1.54, 1.807) is 73.1 Å². The molecule has 186 valence electrons. The minimum Gasteiger partial charge on any atom is -0.487 e. The Labute approximate surface area is 214 Å². The van der Waals surface area contributed by atoms with Crippen LogP contribution in [-0.2, 0) is 25.7 Å². The molecule has 9 heteroatoms. The molecule has 2 aromatic carbocycles. The van der Waals surface area contributed by atoms with Gasteiger partial charge in [-0.25, -0.2) is 9.59 Å². The number of esters is 2. The SMILES string of the molecule is COC(=O)C1=C(C(=O)OC)N(c2ccccc2OCc2cccnc2)C(N)=C(C#N)C1c1ccccc1. The number of anilines is 1. The lowest BCUT2D eigenvalue weighted by atomic mass is 9.81. The maximum atomic E-state index is 13.2. The first kappa shape index (κ1) is 25.0. The summed E-state index contributed by atoms with van der Waals surface area (Å²) in [4.78, 5) is 31.9. The molecule has 1 atom stereocenters. The fourth-order valence-electron chi connectivity index (χ4n) is 4.17. The van der Waals surface area contributed by atoms with Gasteiger partial charge < -0.3 is 19.9 Å². The van der Waals surface area contributed by atoms with Gasteiger partial charge in [0.05, 0.1) is 43.0 Å². The summed E-state index contributed by atoms with van der Waals surface area (Å²) in [5.41, 5.74) is 8.15. The van der Waals surface area contributed by atoms with E-state index >= 15 is 0 Å². The van der Waals surface area contributed by atoms with Crippen molar-refractivity contribution in [3.05, 3.63) is 113 Å². The molecule has 0 amide bonds. The average Bonchev–Trinajstić information content (AvgIpc) is 2.95. The van der Waals surface area contributed by atoms with Crippen molar-refractivity contribution in [2.24, 2.45) is 5.73 Å². The average molecular weight is 497 g/mol. The molecule has 0 aliphatic carbocycles. The molecule has 4 rings (SSSR count). The molecule has 1 aliphatic heterocycles. The van der Waals surface area contributed by atoms with E-state index in [2.05, 4.69) is 11.1 Å². The molecule has 0 saturated carbocycles. The van der Waals surface area contributed by atoms with Gasteiger partial charge in [0.25, 0.3) is 0 Å². The van der Waals surface area contributed by atoms with Gasteiger partial charge in [0, 0.05) is 18.0 Å². The summed E-state index contributed by atoms with van der Waals surface area (Å²) in [5.74, 6) is -2.26. The van der Waals surface area contributed by atoms with E-state index in [1.165, 1.54) is 19.1 Å². The largest absolute Gasteiger partial charge is 0.487 e. The molecule has 0 bridgehead atoms. The quantitative estimate of drug-likeness (QED) is 0.488. The molecule has 0 saturated heterocycles. The van der Waals surface area contributed by atoms with E-state index in [-0.39, 0.29) is 29.3 Å². The van der Waals surface area contributed by atoms with Crippen molar-refractivity contribution in [1.82, 2.24) is 4.98 Å². The minimum absolute atomic E-state index is 0.0400. The number of allylic oxidation sites excluding steroid dienone is 1. The summed E-state index contributed by atoms with van der Waals surface area (Å²) in [5, 5.41) is 10.2. The summed E-state index contributed by atoms with van der Waals surface area (Å²) in [6.07, 6.45) is 3.33. The number of methoxy groups -OCH3 is 2. The normalized spacial score (nSPS) is 15.2. The highest BCUT2D eigenvalue weighted by molar-refractivity contribution is 6.06. The van der Waals surface area contributed by atoms with Gasteiger partial charge in [-0.05, 0) is 23.8 Å². The van der Waals surface area contributed by atoms with Crippen molar-refractivity contribution in [3.63, 3.8) is 0 Å². The molecule has 3 aromatic rings. The van der Waals surface area contributed by atoms with Gasteiger partial charge >= 0.3 is 11.9 Å². The number of carbonyl (C=O) groups excluding carboxylic acids is 2. The third-order valence-corrected chi connectivity index (χ3v) is 5.83. The van der Waals surface area contributed by atoms with Crippen LogP contribution in [0.5, 0.6) is 5.75 Å². The topological polar surface area (TPSA) is 128 Å². The van der Waals surface area contributed by atoms with Crippen LogP contribution < -0.4 is 15.4 Å². The smallest absolute Gasteiger partial charge is 0.355 e. The number of nitrogens with two attached hydrogens (primary N) is 1. The summed E-state index contributed by atoms with van der Waals surface area (Å²) in [7, 11) is 2.40. The van der Waals surface area contributed by atoms with Crippen molar-refractivity contribution < 1.29 is 23.8 Å². The molecule has 1 aliphatic rings. The number of nitriles is 1. The summed E-state index contributed by atoms with van der Waals surface area (Å²) >= 11 is 0. The second kappa shape index (κ2) is 11.1. The van der Waals surface area contributed by atoms with Gasteiger partial charge in [0.15, 0.2) is 0 Å². The lowest BCUT2D eigenvalue weighted by Gasteiger charge is -2.36. The van der Waals surface area contributed by atoms with Gasteiger partial charge in [-0.2, -0.15) is 5.26 Å². The van der Waals surface area contributed by atoms with Crippen LogP contribution >= 0.6 is 0 Å². The highest BCUT2D eigenvalue weighted by Crippen LogP contribution is 2.45. The van der Waals surface area contributed by atoms with Crippen LogP contribution in [0.3, 0.4) is 0 Å². The van der Waals surface area contributed by atoms with Crippen molar-refractivity contribution in [2.75, 3.05) is 19.1 Å². The molecule has 2 heterocycles. The van der Waals surface area contributed by atoms with Gasteiger partial charge in [0.2, 0.25) is 0 Å². The first-order valence-corrected chi connectivity index (χ1v) is 11.3. The number of pyridine rings is 1. The standard InChI is InChI=1S/C28H24N4O5/c1-35-27(33)24-23(19-10-4-3-5-11-19)20(15-29)26(30)32(25(24)28(34)36-2)21-12-6-7-13-22(21)37-17-18-9-8-14-31-16-18/h3-14,16,23H,17,30H2,1-2H3. The van der Waals surface area contributed by atoms with Crippen LogP contribution in [0.1, 0.15) is 17.0 Å². The molecule has 0 radical (unpaired) electrons. The van der Waals surface area contributed by atoms with Crippen LogP contribution in [0.4, 0.5) is 5.69 Å². The van der Waals surface area contributed by atoms with Gasteiger partial charge in [-0.15, -0.1) is 0 Å². The van der Waals surface area contributed by atoms with E-state index in [9.17, 15) is 14.9 Å². The molecule has 9 nitrogen and oxygen atoms in total. The summed E-state index contributed by atoms with van der Waals surface area (Å²) < 4.78 is 16.2. The maximum Gasteiger partial charge on any atom is 0.355 e. The first-order chi connectivity index (χ1) is 18.0. The van der Waals surface area contributed by atoms with Gasteiger partial charge in [-0.1, -0.05) is 48.5 Å². The molecule has 1 aromatic heterocycles. The predicted molar refractivity (Wildman–Crippen MR) is 135 cm³/mol. The second-order valence-corrected chi connectivity index (χ2v) is 7.95. The molecular weight excluding hydrogens is 472 g/mol. The maximum absolute atomic E-state index is 13.2. The van der Waals surface area contributed by atoms with Gasteiger partial charge in [-0.3, -0.25) is 9.88 Å². The van der Waals surface area contributed by atoms with E-state index in [0.29, 0.717) is 17.0 Å². The minimum atomic E-state index is -0.951. The van der Waals surface area contributed by atoms with Gasteiger partial charge in [0.1, 0.15) is 23.9 Å². The lowest BCUT2D eigenvalue weighted by molar-refractivity contribution is -0.139. The number of ether oxygens (including phenoxy) is 3. The molecule has 0 spiro atoms. The number of nitrogens with zero attached hydrogens (tertiary/aromatic N) is 3. The Kier molecular flexibility index (Phi) is 7.50. The highest BCUT2D eigenvalue weighted by atomic mass is 16.5. The Morgan fingerprint density at radius 2 is 1.70 bits per heavy atom. The zero-order valence-electron chi connectivity index (χ0n) is 20.3. The fraction of sp³-hybridized carbons (Fsp3) is 0.143. The predicted octanol–water partition coefficient (Wildman–Crippen LogP) is 3.56. The van der Waals surface area contributed by atoms with Crippen molar-refractivity contribution in [3.8, 4) is 11.8 Å². The van der Waals surface area contributed by atoms with Crippen LogP contribution in [0.25, 0.3) is 0 Å². The number of carbonyl (C=O) groups is 2. The molecule has 0 fully saturated rings. The van der Waals surface area contributed by atoms with E-state index in [4.69, 9.17) is 19.9 Å². The lowest BCUT2D eigenvalue weighted by Crippen LogP contribution is -2.41. The van der Waals surface area contributed by atoms with Crippen LogP contribution in [-0.4, -0.2) is 31.1 Å². The third-order valence-electron chi connectivity index (χ3n) is 5.83. The molecule has 2 N–H and O–H groups in total. The summed E-state index contributed by atoms with van der Waals surface area (Å²) in [6.45, 7) is 0.182. The van der Waals surface area contributed by atoms with Crippen LogP contribution in [0, 0.1) is 11.3 Å². The Hall–Kier alpha value is -5.10. The van der Waals surface area contributed by atoms with E-state index < -0.39 is 17.9 Å². The zero-order valence-corrected chi connectivity index (χ0v) is 20.3. The van der Waals surface area contributed by atoms with E-state index in [0.717, 1.165) is 5.56 Å². The Balaban J connectivity index is 1.94. The number of hydrogen-bond acceptors (Lipinski definition) is 9. The zero-order chi connectivity index (χ0) is 26.4. The molecule has 37 heavy (non-hydrogen) atoms. The Bertz CT molecular complexity index is 1410. The summed E-state index contributed by atoms with van der Waals surface area (Å²) in [6, 6.07) is 21.4. The molecular formula is C28H24N4O5. The fourth-order valence-corrected chi connectivity index (χ4v) is 4.17. The van der Waals surface area contributed by atoms with Crippen LogP contribution in [0.15, 0.2) is 102 Å². The molecule has 1 unspecified atom stereocenters. The number of hydrogen-bond donors (Lipinski definition) is 1. The second-order valence-electron chi connectivity index (χ2n) is 7.95. The number of benzene rings is 2. The Morgan fingerprint density at radius 1 is 1.00 bits per heavy atom. The van der Waals surface area contributed by atoms with Crippen molar-refractivity contribution >= 4 is 17.6 Å². The van der Waals surface area contributed by atoms with Crippen molar-refractivity contribution in [2.45, 2.75) is 12.5 Å². The first-order valence-electron chi connectivity index (χ1n) is 11.3. The number of aromatic nitrogens is 1. The third kappa shape index (κ3) is 4.86. The number of para-hydroxylation sites is 2. The van der Waals surface area contributed by atoms with Crippen LogP contribution in [0.2, 0.25) is 0 Å². The van der Waals surface area contributed by atoms with Crippen molar-refractivity contribution in [1.29, 1.82) is 5.26 Å². The van der Waals surface area contributed by atoms with E-state index in [1.807, 2.05) is 6.07 Å². The highest BCUT2D eigenvalue weighted by Gasteiger charge is 2.43. The Morgan fingerprint density at radius 3 is 2.35 bits per heavy atom. The number of rotatable bonds is 7. The monoisotopic (exact) mass is 496 g/mol.